The molecule has 0 aliphatic carbocycles. The van der Waals surface area contributed by atoms with Crippen LogP contribution in [0.2, 0.25) is 0 Å². The first-order chi connectivity index (χ1) is 6.18. The molecular formula is C8H12BrNO3. The van der Waals surface area contributed by atoms with E-state index in [1.807, 2.05) is 6.92 Å². The number of alkyl halides is 1. The van der Waals surface area contributed by atoms with Gasteiger partial charge in [0.2, 0.25) is 0 Å². The maximum Gasteiger partial charge on any atom is 0.256 e. The molecule has 0 atom stereocenters. The summed E-state index contributed by atoms with van der Waals surface area (Å²) in [5.74, 6) is -0.499. The number of aromatic nitrogens is 1. The van der Waals surface area contributed by atoms with E-state index in [9.17, 15) is 0 Å². The number of methoxy groups -OCH3 is 2. The number of aryl methyl sites for hydroxylation is 1. The van der Waals surface area contributed by atoms with Crippen molar-refractivity contribution >= 4 is 15.9 Å². The summed E-state index contributed by atoms with van der Waals surface area (Å²) in [4.78, 5) is 4.15. The molecule has 0 aliphatic rings. The number of oxazole rings is 1. The van der Waals surface area contributed by atoms with Gasteiger partial charge in [0.1, 0.15) is 6.26 Å². The first kappa shape index (κ1) is 10.7. The first-order valence-corrected chi connectivity index (χ1v) is 4.89. The predicted octanol–water partition coefficient (Wildman–Crippen LogP) is 1.82. The molecule has 0 unspecified atom stereocenters. The van der Waals surface area contributed by atoms with Gasteiger partial charge in [0.05, 0.1) is 11.0 Å². The second-order valence-electron chi connectivity index (χ2n) is 2.59. The molecule has 0 aliphatic heterocycles. The van der Waals surface area contributed by atoms with E-state index < -0.39 is 5.79 Å². The number of rotatable bonds is 4. The molecule has 1 aromatic heterocycles. The minimum absolute atomic E-state index is 0.423. The monoisotopic (exact) mass is 249 g/mol. The molecule has 0 amide bonds. The third-order valence-corrected chi connectivity index (χ3v) is 2.52. The molecule has 0 aromatic carbocycles. The minimum Gasteiger partial charge on any atom is -0.444 e. The second-order valence-corrected chi connectivity index (χ2v) is 3.15. The highest BCUT2D eigenvalue weighted by Gasteiger charge is 2.36. The molecule has 0 saturated heterocycles. The summed E-state index contributed by atoms with van der Waals surface area (Å²) in [6, 6.07) is 0. The summed E-state index contributed by atoms with van der Waals surface area (Å²) >= 11 is 3.29. The molecule has 5 heteroatoms. The Labute approximate surface area is 85.4 Å². The number of nitrogens with zero attached hydrogens (tertiary/aromatic N) is 1. The summed E-state index contributed by atoms with van der Waals surface area (Å²) < 4.78 is 15.6. The number of hydrogen-bond donors (Lipinski definition) is 0. The standard InChI is InChI=1S/C8H12BrNO3/c1-6-4-13-7(10-6)8(5-9,11-2)12-3/h4H,5H2,1-3H3. The Bertz CT molecular complexity index is 262. The summed E-state index contributed by atoms with van der Waals surface area (Å²) in [5.41, 5.74) is 0.800. The van der Waals surface area contributed by atoms with Gasteiger partial charge in [0.25, 0.3) is 11.7 Å². The van der Waals surface area contributed by atoms with Gasteiger partial charge < -0.3 is 13.9 Å². The summed E-state index contributed by atoms with van der Waals surface area (Å²) in [7, 11) is 3.09. The lowest BCUT2D eigenvalue weighted by atomic mass is 10.3. The Morgan fingerprint density at radius 3 is 2.46 bits per heavy atom. The Balaban J connectivity index is 3.00. The molecular weight excluding hydrogens is 238 g/mol. The topological polar surface area (TPSA) is 44.5 Å². The third-order valence-electron chi connectivity index (χ3n) is 1.78. The van der Waals surface area contributed by atoms with Crippen LogP contribution in [0.25, 0.3) is 0 Å². The van der Waals surface area contributed by atoms with Gasteiger partial charge in [-0.2, -0.15) is 0 Å². The van der Waals surface area contributed by atoms with Crippen LogP contribution in [0, 0.1) is 6.92 Å². The fraction of sp³-hybridized carbons (Fsp3) is 0.625. The van der Waals surface area contributed by atoms with Crippen LogP contribution < -0.4 is 0 Å². The van der Waals surface area contributed by atoms with E-state index in [-0.39, 0.29) is 0 Å². The zero-order valence-corrected chi connectivity index (χ0v) is 9.42. The van der Waals surface area contributed by atoms with E-state index in [4.69, 9.17) is 13.9 Å². The SMILES string of the molecule is COC(CBr)(OC)c1nc(C)co1. The van der Waals surface area contributed by atoms with E-state index in [1.54, 1.807) is 20.5 Å². The van der Waals surface area contributed by atoms with Gasteiger partial charge in [-0.05, 0) is 6.92 Å². The fourth-order valence-electron chi connectivity index (χ4n) is 0.953. The highest BCUT2D eigenvalue weighted by molar-refractivity contribution is 9.09. The number of hydrogen-bond acceptors (Lipinski definition) is 4. The van der Waals surface area contributed by atoms with Crippen LogP contribution in [0.5, 0.6) is 0 Å². The minimum atomic E-state index is -0.922. The lowest BCUT2D eigenvalue weighted by Crippen LogP contribution is -2.33. The molecule has 0 saturated carbocycles. The van der Waals surface area contributed by atoms with Gasteiger partial charge in [-0.3, -0.25) is 0 Å². The van der Waals surface area contributed by atoms with E-state index in [2.05, 4.69) is 20.9 Å². The van der Waals surface area contributed by atoms with Crippen molar-refractivity contribution in [1.82, 2.24) is 4.98 Å². The summed E-state index contributed by atoms with van der Waals surface area (Å²) in [5, 5.41) is 0.465. The lowest BCUT2D eigenvalue weighted by molar-refractivity contribution is -0.211. The quantitative estimate of drug-likeness (QED) is 0.604. The molecule has 4 nitrogen and oxygen atoms in total. The van der Waals surface area contributed by atoms with Gasteiger partial charge in [0, 0.05) is 14.2 Å². The maximum atomic E-state index is 5.21. The van der Waals surface area contributed by atoms with Crippen LogP contribution in [0.15, 0.2) is 10.7 Å². The Kier molecular flexibility index (Phi) is 3.47. The van der Waals surface area contributed by atoms with Gasteiger partial charge in [-0.1, -0.05) is 15.9 Å². The smallest absolute Gasteiger partial charge is 0.256 e. The molecule has 0 bridgehead atoms. The van der Waals surface area contributed by atoms with Crippen molar-refractivity contribution in [3.05, 3.63) is 17.8 Å². The van der Waals surface area contributed by atoms with Crippen LogP contribution in [-0.2, 0) is 15.3 Å². The van der Waals surface area contributed by atoms with Crippen molar-refractivity contribution in [3.8, 4) is 0 Å². The highest BCUT2D eigenvalue weighted by atomic mass is 79.9. The molecule has 1 rings (SSSR count). The van der Waals surface area contributed by atoms with Crippen molar-refractivity contribution in [1.29, 1.82) is 0 Å². The Morgan fingerprint density at radius 1 is 1.54 bits per heavy atom. The van der Waals surface area contributed by atoms with Crippen molar-refractivity contribution < 1.29 is 13.9 Å². The average Bonchev–Trinajstić information content (AvgIpc) is 2.57. The molecule has 74 valence electrons. The van der Waals surface area contributed by atoms with E-state index in [1.165, 1.54) is 0 Å². The molecule has 0 N–H and O–H groups in total. The fourth-order valence-corrected chi connectivity index (χ4v) is 1.65. The van der Waals surface area contributed by atoms with E-state index in [0.29, 0.717) is 11.2 Å². The molecule has 0 spiro atoms. The van der Waals surface area contributed by atoms with Gasteiger partial charge in [0.15, 0.2) is 0 Å². The Morgan fingerprint density at radius 2 is 2.15 bits per heavy atom. The van der Waals surface area contributed by atoms with Crippen LogP contribution in [0.4, 0.5) is 0 Å². The lowest BCUT2D eigenvalue weighted by Gasteiger charge is -2.24. The van der Waals surface area contributed by atoms with Crippen LogP contribution in [-0.4, -0.2) is 24.5 Å². The van der Waals surface area contributed by atoms with Crippen molar-refractivity contribution in [2.75, 3.05) is 19.5 Å². The zero-order chi connectivity index (χ0) is 9.90. The van der Waals surface area contributed by atoms with E-state index in [0.717, 1.165) is 5.69 Å². The molecule has 0 fully saturated rings. The first-order valence-electron chi connectivity index (χ1n) is 3.77. The third kappa shape index (κ3) is 1.92. The maximum absolute atomic E-state index is 5.21. The van der Waals surface area contributed by atoms with Gasteiger partial charge >= 0.3 is 0 Å². The van der Waals surface area contributed by atoms with Crippen molar-refractivity contribution in [2.24, 2.45) is 0 Å². The van der Waals surface area contributed by atoms with Crippen LogP contribution in [0.1, 0.15) is 11.6 Å². The van der Waals surface area contributed by atoms with Crippen LogP contribution >= 0.6 is 15.9 Å². The van der Waals surface area contributed by atoms with E-state index >= 15 is 0 Å². The number of ether oxygens (including phenoxy) is 2. The highest BCUT2D eigenvalue weighted by Crippen LogP contribution is 2.27. The van der Waals surface area contributed by atoms with Crippen molar-refractivity contribution in [3.63, 3.8) is 0 Å². The summed E-state index contributed by atoms with van der Waals surface area (Å²) in [6.45, 7) is 1.84. The Hall–Kier alpha value is -0.390. The number of halogens is 1. The predicted molar refractivity (Wildman–Crippen MR) is 50.7 cm³/mol. The average molecular weight is 250 g/mol. The molecule has 1 aromatic rings. The zero-order valence-electron chi connectivity index (χ0n) is 7.83. The molecule has 1 heterocycles. The largest absolute Gasteiger partial charge is 0.444 e. The molecule has 13 heavy (non-hydrogen) atoms. The van der Waals surface area contributed by atoms with Gasteiger partial charge in [-0.15, -0.1) is 0 Å². The molecule has 0 radical (unpaired) electrons. The second kappa shape index (κ2) is 4.21. The van der Waals surface area contributed by atoms with Gasteiger partial charge in [-0.25, -0.2) is 4.98 Å². The van der Waals surface area contributed by atoms with Crippen LogP contribution in [0.3, 0.4) is 0 Å². The normalized spacial score (nSPS) is 12.0. The summed E-state index contributed by atoms with van der Waals surface area (Å²) in [6.07, 6.45) is 1.56. The van der Waals surface area contributed by atoms with Crippen molar-refractivity contribution in [2.45, 2.75) is 12.7 Å².